The summed E-state index contributed by atoms with van der Waals surface area (Å²) in [5.41, 5.74) is 9.11. The molecule has 3 heterocycles. The van der Waals surface area contributed by atoms with Crippen LogP contribution in [0.4, 0.5) is 10.3 Å². The SMILES string of the molecule is Nc1ncc2c(n1)CN(C(=O)c1cc(-c3ccc(F)cc3)n[nH]1)CC2. The lowest BCUT2D eigenvalue weighted by Gasteiger charge is -2.27. The number of halogens is 1. The molecule has 0 atom stereocenters. The van der Waals surface area contributed by atoms with Crippen molar-refractivity contribution < 1.29 is 9.18 Å². The number of carbonyl (C=O) groups excluding carboxylic acids is 1. The number of nitrogen functional groups attached to an aromatic ring is 1. The van der Waals surface area contributed by atoms with E-state index in [9.17, 15) is 9.18 Å². The van der Waals surface area contributed by atoms with Crippen molar-refractivity contribution in [2.24, 2.45) is 0 Å². The fourth-order valence-electron chi connectivity index (χ4n) is 2.86. The van der Waals surface area contributed by atoms with E-state index in [0.29, 0.717) is 30.9 Å². The fraction of sp³-hybridized carbons (Fsp3) is 0.176. The summed E-state index contributed by atoms with van der Waals surface area (Å²) >= 11 is 0. The lowest BCUT2D eigenvalue weighted by Crippen LogP contribution is -2.36. The normalized spacial score (nSPS) is 13.6. The average molecular weight is 338 g/mol. The number of rotatable bonds is 2. The van der Waals surface area contributed by atoms with Crippen LogP contribution < -0.4 is 5.73 Å². The van der Waals surface area contributed by atoms with Crippen LogP contribution >= 0.6 is 0 Å². The van der Waals surface area contributed by atoms with Gasteiger partial charge in [0.1, 0.15) is 11.5 Å². The van der Waals surface area contributed by atoms with E-state index < -0.39 is 0 Å². The number of hydrogen-bond acceptors (Lipinski definition) is 5. The molecular formula is C17H15FN6O. The first-order valence-corrected chi connectivity index (χ1v) is 7.81. The number of nitrogens with two attached hydrogens (primary N) is 1. The molecule has 126 valence electrons. The van der Waals surface area contributed by atoms with Gasteiger partial charge in [0.05, 0.1) is 17.9 Å². The number of benzene rings is 1. The van der Waals surface area contributed by atoms with E-state index in [2.05, 4.69) is 20.2 Å². The summed E-state index contributed by atoms with van der Waals surface area (Å²) in [6.07, 6.45) is 2.39. The Morgan fingerprint density at radius 3 is 2.88 bits per heavy atom. The van der Waals surface area contributed by atoms with Crippen molar-refractivity contribution >= 4 is 11.9 Å². The summed E-state index contributed by atoms with van der Waals surface area (Å²) in [6.45, 7) is 0.954. The second kappa shape index (κ2) is 5.97. The molecule has 0 saturated carbocycles. The number of nitrogens with one attached hydrogen (secondary N) is 1. The smallest absolute Gasteiger partial charge is 0.272 e. The molecule has 7 nitrogen and oxygen atoms in total. The van der Waals surface area contributed by atoms with Crippen molar-refractivity contribution in [1.82, 2.24) is 25.1 Å². The summed E-state index contributed by atoms with van der Waals surface area (Å²) in [5.74, 6) is -0.277. The summed E-state index contributed by atoms with van der Waals surface area (Å²) in [7, 11) is 0. The van der Waals surface area contributed by atoms with Crippen molar-refractivity contribution in [3.05, 3.63) is 59.3 Å². The minimum Gasteiger partial charge on any atom is -0.368 e. The van der Waals surface area contributed by atoms with Crippen LogP contribution in [0.2, 0.25) is 0 Å². The molecule has 2 aromatic heterocycles. The Morgan fingerprint density at radius 1 is 1.28 bits per heavy atom. The number of fused-ring (bicyclic) bond motifs is 1. The monoisotopic (exact) mass is 338 g/mol. The minimum absolute atomic E-state index is 0.163. The quantitative estimate of drug-likeness (QED) is 0.742. The Labute approximate surface area is 142 Å². The topological polar surface area (TPSA) is 101 Å². The zero-order valence-electron chi connectivity index (χ0n) is 13.2. The van der Waals surface area contributed by atoms with Crippen LogP contribution in [0.1, 0.15) is 21.7 Å². The summed E-state index contributed by atoms with van der Waals surface area (Å²) < 4.78 is 13.0. The third-order valence-corrected chi connectivity index (χ3v) is 4.20. The Balaban J connectivity index is 1.55. The molecule has 0 saturated heterocycles. The van der Waals surface area contributed by atoms with Gasteiger partial charge in [0.2, 0.25) is 5.95 Å². The number of amides is 1. The first kappa shape index (κ1) is 15.3. The van der Waals surface area contributed by atoms with Gasteiger partial charge in [-0.3, -0.25) is 9.89 Å². The zero-order chi connectivity index (χ0) is 17.4. The van der Waals surface area contributed by atoms with Crippen molar-refractivity contribution in [1.29, 1.82) is 0 Å². The summed E-state index contributed by atoms with van der Waals surface area (Å²) in [5, 5.41) is 6.91. The molecule has 3 aromatic rings. The molecule has 25 heavy (non-hydrogen) atoms. The summed E-state index contributed by atoms with van der Waals surface area (Å²) in [4.78, 5) is 22.6. The van der Waals surface area contributed by atoms with Crippen molar-refractivity contribution in [3.8, 4) is 11.3 Å². The van der Waals surface area contributed by atoms with Crippen LogP contribution in [0.25, 0.3) is 11.3 Å². The maximum Gasteiger partial charge on any atom is 0.272 e. The first-order valence-electron chi connectivity index (χ1n) is 7.81. The van der Waals surface area contributed by atoms with E-state index in [1.54, 1.807) is 29.3 Å². The van der Waals surface area contributed by atoms with Crippen LogP contribution in [-0.4, -0.2) is 37.5 Å². The van der Waals surface area contributed by atoms with Gasteiger partial charge in [0.25, 0.3) is 5.91 Å². The van der Waals surface area contributed by atoms with Crippen LogP contribution in [0.3, 0.4) is 0 Å². The van der Waals surface area contributed by atoms with Crippen LogP contribution in [0.15, 0.2) is 36.5 Å². The molecule has 0 bridgehead atoms. The maximum atomic E-state index is 13.0. The first-order chi connectivity index (χ1) is 12.1. The van der Waals surface area contributed by atoms with E-state index in [1.807, 2.05) is 0 Å². The van der Waals surface area contributed by atoms with E-state index in [1.165, 1.54) is 12.1 Å². The number of carbonyl (C=O) groups is 1. The molecule has 3 N–H and O–H groups in total. The maximum absolute atomic E-state index is 13.0. The van der Waals surface area contributed by atoms with Crippen LogP contribution in [-0.2, 0) is 13.0 Å². The highest BCUT2D eigenvalue weighted by Gasteiger charge is 2.24. The van der Waals surface area contributed by atoms with Gasteiger partial charge in [-0.15, -0.1) is 0 Å². The number of H-pyrrole nitrogens is 1. The Kier molecular flexibility index (Phi) is 3.64. The number of aromatic amines is 1. The Morgan fingerprint density at radius 2 is 2.08 bits per heavy atom. The summed E-state index contributed by atoms with van der Waals surface area (Å²) in [6, 6.07) is 7.63. The van der Waals surface area contributed by atoms with Gasteiger partial charge in [-0.1, -0.05) is 0 Å². The second-order valence-corrected chi connectivity index (χ2v) is 5.85. The van der Waals surface area contributed by atoms with Gasteiger partial charge < -0.3 is 10.6 Å². The van der Waals surface area contributed by atoms with E-state index in [-0.39, 0.29) is 17.7 Å². The predicted molar refractivity (Wildman–Crippen MR) is 88.9 cm³/mol. The number of hydrogen-bond donors (Lipinski definition) is 2. The van der Waals surface area contributed by atoms with Gasteiger partial charge in [-0.25, -0.2) is 14.4 Å². The third-order valence-electron chi connectivity index (χ3n) is 4.20. The zero-order valence-corrected chi connectivity index (χ0v) is 13.2. The molecule has 1 aromatic carbocycles. The van der Waals surface area contributed by atoms with Crippen molar-refractivity contribution in [2.45, 2.75) is 13.0 Å². The molecule has 0 aliphatic carbocycles. The molecule has 0 fully saturated rings. The molecule has 4 rings (SSSR count). The molecule has 1 aliphatic heterocycles. The molecule has 8 heteroatoms. The predicted octanol–water partition coefficient (Wildman–Crippen LogP) is 1.79. The molecule has 0 unspecified atom stereocenters. The minimum atomic E-state index is -0.316. The molecule has 0 spiro atoms. The standard InChI is InChI=1S/C17H15FN6O/c18-12-3-1-10(2-4-12)13-7-14(23-22-13)16(25)24-6-5-11-8-20-17(19)21-15(11)9-24/h1-4,7-8H,5-6,9H2,(H,22,23)(H2,19,20,21). The van der Waals surface area contributed by atoms with E-state index in [4.69, 9.17) is 5.73 Å². The van der Waals surface area contributed by atoms with Gasteiger partial charge in [0.15, 0.2) is 0 Å². The van der Waals surface area contributed by atoms with Crippen LogP contribution in [0, 0.1) is 5.82 Å². The van der Waals surface area contributed by atoms with Gasteiger partial charge in [-0.2, -0.15) is 5.10 Å². The lowest BCUT2D eigenvalue weighted by molar-refractivity contribution is 0.0725. The molecule has 0 radical (unpaired) electrons. The molecular weight excluding hydrogens is 323 g/mol. The largest absolute Gasteiger partial charge is 0.368 e. The number of anilines is 1. The van der Waals surface area contributed by atoms with Gasteiger partial charge >= 0.3 is 0 Å². The number of aromatic nitrogens is 4. The molecule has 1 aliphatic rings. The second-order valence-electron chi connectivity index (χ2n) is 5.85. The Bertz CT molecular complexity index is 937. The molecule has 1 amide bonds. The Hall–Kier alpha value is -3.29. The lowest BCUT2D eigenvalue weighted by atomic mass is 10.1. The van der Waals surface area contributed by atoms with E-state index >= 15 is 0 Å². The third kappa shape index (κ3) is 2.93. The fourth-order valence-corrected chi connectivity index (χ4v) is 2.86. The van der Waals surface area contributed by atoms with Crippen LogP contribution in [0.5, 0.6) is 0 Å². The highest BCUT2D eigenvalue weighted by molar-refractivity contribution is 5.93. The van der Waals surface area contributed by atoms with Crippen molar-refractivity contribution in [2.75, 3.05) is 12.3 Å². The van der Waals surface area contributed by atoms with E-state index in [0.717, 1.165) is 16.8 Å². The van der Waals surface area contributed by atoms with Gasteiger partial charge in [-0.05, 0) is 42.3 Å². The van der Waals surface area contributed by atoms with Crippen molar-refractivity contribution in [3.63, 3.8) is 0 Å². The van der Waals surface area contributed by atoms with Gasteiger partial charge in [0, 0.05) is 18.3 Å². The average Bonchev–Trinajstić information content (AvgIpc) is 3.11. The number of nitrogens with zero attached hydrogens (tertiary/aromatic N) is 4. The highest BCUT2D eigenvalue weighted by atomic mass is 19.1. The highest BCUT2D eigenvalue weighted by Crippen LogP contribution is 2.21.